The minimum atomic E-state index is -0.191. The normalized spacial score (nSPS) is 10.6. The van der Waals surface area contributed by atoms with Crippen LogP contribution >= 0.6 is 0 Å². The fraction of sp³-hybridized carbons (Fsp3) is 0.118. The van der Waals surface area contributed by atoms with Crippen molar-refractivity contribution in [2.75, 3.05) is 5.32 Å². The van der Waals surface area contributed by atoms with Gasteiger partial charge in [0, 0.05) is 11.6 Å². The Morgan fingerprint density at radius 3 is 2.71 bits per heavy atom. The molecule has 0 aliphatic rings. The number of amides is 1. The van der Waals surface area contributed by atoms with Crippen LogP contribution in [0.4, 0.5) is 5.82 Å². The van der Waals surface area contributed by atoms with Gasteiger partial charge >= 0.3 is 0 Å². The van der Waals surface area contributed by atoms with E-state index in [1.807, 2.05) is 56.3 Å². The summed E-state index contributed by atoms with van der Waals surface area (Å²) in [6.07, 6.45) is 1.68. The van der Waals surface area contributed by atoms with E-state index in [0.717, 1.165) is 16.5 Å². The largest absolute Gasteiger partial charge is 0.307 e. The van der Waals surface area contributed by atoms with Crippen molar-refractivity contribution in [3.8, 4) is 0 Å². The van der Waals surface area contributed by atoms with Gasteiger partial charge in [-0.25, -0.2) is 4.98 Å². The Labute approximate surface area is 122 Å². The highest BCUT2D eigenvalue weighted by Crippen LogP contribution is 2.17. The van der Waals surface area contributed by atoms with Gasteiger partial charge in [-0.3, -0.25) is 9.78 Å². The summed E-state index contributed by atoms with van der Waals surface area (Å²) in [5.41, 5.74) is 3.21. The number of para-hydroxylation sites is 1. The van der Waals surface area contributed by atoms with Crippen LogP contribution < -0.4 is 5.32 Å². The van der Waals surface area contributed by atoms with E-state index >= 15 is 0 Å². The molecule has 1 N–H and O–H groups in total. The van der Waals surface area contributed by atoms with Crippen molar-refractivity contribution in [3.63, 3.8) is 0 Å². The van der Waals surface area contributed by atoms with Crippen LogP contribution in [0, 0.1) is 13.8 Å². The second-order valence-electron chi connectivity index (χ2n) is 4.99. The molecule has 0 fully saturated rings. The lowest BCUT2D eigenvalue weighted by Crippen LogP contribution is -2.15. The summed E-state index contributed by atoms with van der Waals surface area (Å²) in [5.74, 6) is 0.358. The Bertz CT molecular complexity index is 827. The molecule has 0 bridgehead atoms. The molecule has 0 atom stereocenters. The lowest BCUT2D eigenvalue weighted by molar-refractivity contribution is 0.102. The Morgan fingerprint density at radius 1 is 1.10 bits per heavy atom. The predicted octanol–water partition coefficient (Wildman–Crippen LogP) is 3.50. The van der Waals surface area contributed by atoms with E-state index in [9.17, 15) is 4.79 Å². The molecule has 1 amide bonds. The summed E-state index contributed by atoms with van der Waals surface area (Å²) in [7, 11) is 0. The number of anilines is 1. The first-order chi connectivity index (χ1) is 10.1. The van der Waals surface area contributed by atoms with Crippen molar-refractivity contribution >= 4 is 22.6 Å². The summed E-state index contributed by atoms with van der Waals surface area (Å²) >= 11 is 0. The van der Waals surface area contributed by atoms with E-state index in [2.05, 4.69) is 15.3 Å². The summed E-state index contributed by atoms with van der Waals surface area (Å²) in [4.78, 5) is 21.0. The Hall–Kier alpha value is -2.75. The number of carbonyl (C=O) groups excluding carboxylic acids is 1. The number of hydrogen-bond acceptors (Lipinski definition) is 3. The number of fused-ring (bicyclic) bond motifs is 1. The highest BCUT2D eigenvalue weighted by molar-refractivity contribution is 6.06. The van der Waals surface area contributed by atoms with Crippen LogP contribution in [0.2, 0.25) is 0 Å². The molecule has 2 heterocycles. The van der Waals surface area contributed by atoms with Crippen molar-refractivity contribution in [3.05, 3.63) is 65.5 Å². The number of benzene rings is 1. The Balaban J connectivity index is 1.96. The quantitative estimate of drug-likeness (QED) is 0.780. The van der Waals surface area contributed by atoms with E-state index in [1.165, 1.54) is 0 Å². The lowest BCUT2D eigenvalue weighted by atomic mass is 10.1. The molecule has 0 aliphatic carbocycles. The van der Waals surface area contributed by atoms with Crippen molar-refractivity contribution < 1.29 is 4.79 Å². The van der Waals surface area contributed by atoms with Gasteiger partial charge in [-0.1, -0.05) is 18.2 Å². The summed E-state index contributed by atoms with van der Waals surface area (Å²) in [5, 5.41) is 3.76. The second-order valence-corrected chi connectivity index (χ2v) is 4.99. The number of carbonyl (C=O) groups is 1. The minimum Gasteiger partial charge on any atom is -0.307 e. The van der Waals surface area contributed by atoms with Crippen molar-refractivity contribution in [2.45, 2.75) is 13.8 Å². The molecule has 3 rings (SSSR count). The topological polar surface area (TPSA) is 54.9 Å². The van der Waals surface area contributed by atoms with Gasteiger partial charge in [-0.15, -0.1) is 0 Å². The van der Waals surface area contributed by atoms with Gasteiger partial charge in [0.05, 0.1) is 16.8 Å². The Kier molecular flexibility index (Phi) is 3.36. The van der Waals surface area contributed by atoms with Crippen LogP contribution in [0.3, 0.4) is 0 Å². The molecular weight excluding hydrogens is 262 g/mol. The van der Waals surface area contributed by atoms with Gasteiger partial charge in [0.15, 0.2) is 0 Å². The van der Waals surface area contributed by atoms with E-state index < -0.39 is 0 Å². The molecule has 0 saturated carbocycles. The van der Waals surface area contributed by atoms with Crippen LogP contribution in [-0.4, -0.2) is 15.9 Å². The molecule has 104 valence electrons. The van der Waals surface area contributed by atoms with Crippen molar-refractivity contribution in [1.82, 2.24) is 9.97 Å². The van der Waals surface area contributed by atoms with E-state index in [1.54, 1.807) is 6.20 Å². The summed E-state index contributed by atoms with van der Waals surface area (Å²) < 4.78 is 0. The molecule has 0 aliphatic heterocycles. The SMILES string of the molecule is Cc1ccnc(NC(=O)c2cc3ccccc3nc2C)c1. The van der Waals surface area contributed by atoms with Gasteiger partial charge in [0.2, 0.25) is 0 Å². The van der Waals surface area contributed by atoms with Gasteiger partial charge in [0.1, 0.15) is 5.82 Å². The summed E-state index contributed by atoms with van der Waals surface area (Å²) in [6.45, 7) is 3.80. The predicted molar refractivity (Wildman–Crippen MR) is 83.4 cm³/mol. The molecule has 2 aromatic heterocycles. The molecule has 4 nitrogen and oxygen atoms in total. The fourth-order valence-corrected chi connectivity index (χ4v) is 2.23. The average molecular weight is 277 g/mol. The average Bonchev–Trinajstić information content (AvgIpc) is 2.46. The zero-order chi connectivity index (χ0) is 14.8. The molecule has 21 heavy (non-hydrogen) atoms. The number of aryl methyl sites for hydroxylation is 2. The molecular formula is C17H15N3O. The first-order valence-corrected chi connectivity index (χ1v) is 6.74. The van der Waals surface area contributed by atoms with Crippen molar-refractivity contribution in [1.29, 1.82) is 0 Å². The second kappa shape index (κ2) is 5.32. The van der Waals surface area contributed by atoms with Crippen LogP contribution in [0.1, 0.15) is 21.6 Å². The van der Waals surface area contributed by atoms with E-state index in [4.69, 9.17) is 0 Å². The number of aromatic nitrogens is 2. The minimum absolute atomic E-state index is 0.191. The molecule has 3 aromatic rings. The van der Waals surface area contributed by atoms with Crippen LogP contribution in [-0.2, 0) is 0 Å². The third-order valence-corrected chi connectivity index (χ3v) is 3.32. The maximum Gasteiger partial charge on any atom is 0.258 e. The number of pyridine rings is 2. The van der Waals surface area contributed by atoms with Gasteiger partial charge in [-0.2, -0.15) is 0 Å². The molecule has 0 radical (unpaired) electrons. The van der Waals surface area contributed by atoms with E-state index in [-0.39, 0.29) is 5.91 Å². The highest BCUT2D eigenvalue weighted by Gasteiger charge is 2.12. The fourth-order valence-electron chi connectivity index (χ4n) is 2.23. The maximum atomic E-state index is 12.4. The molecule has 4 heteroatoms. The maximum absolute atomic E-state index is 12.4. The number of hydrogen-bond donors (Lipinski definition) is 1. The first kappa shape index (κ1) is 13.2. The zero-order valence-electron chi connectivity index (χ0n) is 11.9. The molecule has 1 aromatic carbocycles. The summed E-state index contributed by atoms with van der Waals surface area (Å²) in [6, 6.07) is 13.3. The van der Waals surface area contributed by atoms with Gasteiger partial charge < -0.3 is 5.32 Å². The molecule has 0 unspecified atom stereocenters. The smallest absolute Gasteiger partial charge is 0.258 e. The Morgan fingerprint density at radius 2 is 1.90 bits per heavy atom. The van der Waals surface area contributed by atoms with Gasteiger partial charge in [-0.05, 0) is 43.7 Å². The molecule has 0 saturated heterocycles. The monoisotopic (exact) mass is 277 g/mol. The zero-order valence-corrected chi connectivity index (χ0v) is 11.9. The third-order valence-electron chi connectivity index (χ3n) is 3.32. The number of nitrogens with zero attached hydrogens (tertiary/aromatic N) is 2. The van der Waals surface area contributed by atoms with Crippen molar-refractivity contribution in [2.24, 2.45) is 0 Å². The van der Waals surface area contributed by atoms with Gasteiger partial charge in [0.25, 0.3) is 5.91 Å². The molecule has 0 spiro atoms. The third kappa shape index (κ3) is 2.74. The van der Waals surface area contributed by atoms with Crippen LogP contribution in [0.25, 0.3) is 10.9 Å². The number of nitrogens with one attached hydrogen (secondary N) is 1. The first-order valence-electron chi connectivity index (χ1n) is 6.74. The van der Waals surface area contributed by atoms with Crippen LogP contribution in [0.5, 0.6) is 0 Å². The standard InChI is InChI=1S/C17H15N3O/c1-11-7-8-18-16(9-11)20-17(21)14-10-13-5-3-4-6-15(13)19-12(14)2/h3-10H,1-2H3,(H,18,20,21). The van der Waals surface area contributed by atoms with E-state index in [0.29, 0.717) is 17.1 Å². The number of rotatable bonds is 2. The van der Waals surface area contributed by atoms with Crippen LogP contribution in [0.15, 0.2) is 48.7 Å². The highest BCUT2D eigenvalue weighted by atomic mass is 16.1. The lowest BCUT2D eigenvalue weighted by Gasteiger charge is -2.08.